The van der Waals surface area contributed by atoms with Crippen LogP contribution in [-0.4, -0.2) is 27.7 Å². The van der Waals surface area contributed by atoms with Gasteiger partial charge in [0.05, 0.1) is 6.54 Å². The van der Waals surface area contributed by atoms with Gasteiger partial charge in [0, 0.05) is 29.9 Å². The smallest absolute Gasteiger partial charge is 0.246 e. The van der Waals surface area contributed by atoms with Crippen LogP contribution in [0.15, 0.2) is 53.1 Å². The molecule has 1 aliphatic rings. The summed E-state index contributed by atoms with van der Waals surface area (Å²) >= 11 is 5.33. The zero-order chi connectivity index (χ0) is 20.2. The second-order valence-electron chi connectivity index (χ2n) is 6.88. The van der Waals surface area contributed by atoms with Crippen molar-refractivity contribution in [3.63, 3.8) is 0 Å². The second-order valence-corrected chi connectivity index (χ2v) is 7.29. The van der Waals surface area contributed by atoms with Crippen molar-refractivity contribution in [2.75, 3.05) is 16.8 Å². The Morgan fingerprint density at radius 3 is 2.62 bits per heavy atom. The maximum absolute atomic E-state index is 11.8. The highest BCUT2D eigenvalue weighted by Crippen LogP contribution is 2.23. The number of anilines is 2. The molecule has 0 aliphatic carbocycles. The van der Waals surface area contributed by atoms with Gasteiger partial charge in [-0.1, -0.05) is 35.0 Å². The van der Waals surface area contributed by atoms with Gasteiger partial charge >= 0.3 is 0 Å². The van der Waals surface area contributed by atoms with Gasteiger partial charge < -0.3 is 20.1 Å². The Balaban J connectivity index is 1.30. The second kappa shape index (κ2) is 8.40. The number of hydrogen-bond donors (Lipinski definition) is 2. The predicted octanol–water partition coefficient (Wildman–Crippen LogP) is 3.66. The number of nitrogens with one attached hydrogen (secondary N) is 2. The molecule has 4 rings (SSSR count). The molecule has 0 radical (unpaired) electrons. The Morgan fingerprint density at radius 1 is 1.17 bits per heavy atom. The molecule has 1 aromatic heterocycles. The molecule has 2 heterocycles. The zero-order valence-corrected chi connectivity index (χ0v) is 16.8. The van der Waals surface area contributed by atoms with E-state index in [1.165, 1.54) is 5.56 Å². The van der Waals surface area contributed by atoms with Crippen molar-refractivity contribution >= 4 is 34.6 Å². The van der Waals surface area contributed by atoms with Gasteiger partial charge in [0.2, 0.25) is 17.6 Å². The standard InChI is InChI=1S/C21H21N5O2S/c1-14-4-6-15(7-5-14)20-24-18(28-25-20)13-22-21(29)23-16-8-10-17(11-9-16)26-12-2-3-19(26)27/h4-11H,2-3,12-13H2,1H3,(H2,22,23,29). The van der Waals surface area contributed by atoms with E-state index >= 15 is 0 Å². The Labute approximate surface area is 174 Å². The maximum atomic E-state index is 11.8. The third-order valence-corrected chi connectivity index (χ3v) is 4.93. The summed E-state index contributed by atoms with van der Waals surface area (Å²) in [4.78, 5) is 18.0. The molecule has 0 atom stereocenters. The minimum Gasteiger partial charge on any atom is -0.353 e. The number of carbonyl (C=O) groups excluding carboxylic acids is 1. The van der Waals surface area contributed by atoms with Crippen LogP contribution in [0.3, 0.4) is 0 Å². The molecule has 29 heavy (non-hydrogen) atoms. The van der Waals surface area contributed by atoms with Crippen LogP contribution in [0.4, 0.5) is 11.4 Å². The number of rotatable bonds is 5. The highest BCUT2D eigenvalue weighted by molar-refractivity contribution is 7.80. The van der Waals surface area contributed by atoms with Gasteiger partial charge in [-0.2, -0.15) is 4.98 Å². The molecule has 0 spiro atoms. The van der Waals surface area contributed by atoms with Gasteiger partial charge in [-0.3, -0.25) is 4.79 Å². The van der Waals surface area contributed by atoms with Crippen molar-refractivity contribution in [1.29, 1.82) is 0 Å². The molecule has 7 nitrogen and oxygen atoms in total. The molecule has 0 bridgehead atoms. The van der Waals surface area contributed by atoms with E-state index < -0.39 is 0 Å². The fourth-order valence-electron chi connectivity index (χ4n) is 3.12. The summed E-state index contributed by atoms with van der Waals surface area (Å²) in [5, 5.41) is 10.6. The van der Waals surface area contributed by atoms with E-state index in [4.69, 9.17) is 16.7 Å². The Morgan fingerprint density at radius 2 is 1.93 bits per heavy atom. The number of amides is 1. The molecule has 0 unspecified atom stereocenters. The van der Waals surface area contributed by atoms with Gasteiger partial charge in [-0.15, -0.1) is 0 Å². The third-order valence-electron chi connectivity index (χ3n) is 4.69. The first-order chi connectivity index (χ1) is 14.1. The monoisotopic (exact) mass is 407 g/mol. The van der Waals surface area contributed by atoms with E-state index in [0.29, 0.717) is 29.8 Å². The topological polar surface area (TPSA) is 83.3 Å². The molecule has 1 fully saturated rings. The molecule has 1 amide bonds. The summed E-state index contributed by atoms with van der Waals surface area (Å²) in [6, 6.07) is 15.6. The minimum absolute atomic E-state index is 0.174. The van der Waals surface area contributed by atoms with E-state index in [9.17, 15) is 4.79 Å². The Kier molecular flexibility index (Phi) is 5.53. The van der Waals surface area contributed by atoms with Crippen molar-refractivity contribution in [3.05, 3.63) is 60.0 Å². The molecular formula is C21H21N5O2S. The SMILES string of the molecule is Cc1ccc(-c2noc(CNC(=S)Nc3ccc(N4CCCC4=O)cc3)n2)cc1. The van der Waals surface area contributed by atoms with Crippen LogP contribution in [0, 0.1) is 6.92 Å². The van der Waals surface area contributed by atoms with Crippen molar-refractivity contribution in [3.8, 4) is 11.4 Å². The van der Waals surface area contributed by atoms with Crippen LogP contribution in [0.25, 0.3) is 11.4 Å². The average Bonchev–Trinajstić information content (AvgIpc) is 3.37. The summed E-state index contributed by atoms with van der Waals surface area (Å²) in [6.07, 6.45) is 1.53. The number of nitrogens with zero attached hydrogens (tertiary/aromatic N) is 3. The Hall–Kier alpha value is -3.26. The molecule has 148 valence electrons. The van der Waals surface area contributed by atoms with E-state index in [0.717, 1.165) is 29.9 Å². The number of hydrogen-bond acceptors (Lipinski definition) is 5. The molecule has 1 aliphatic heterocycles. The Bertz CT molecular complexity index is 1010. The van der Waals surface area contributed by atoms with Gasteiger partial charge in [-0.25, -0.2) is 0 Å². The molecular weight excluding hydrogens is 386 g/mol. The van der Waals surface area contributed by atoms with Crippen LogP contribution < -0.4 is 15.5 Å². The zero-order valence-electron chi connectivity index (χ0n) is 16.0. The van der Waals surface area contributed by atoms with Crippen LogP contribution >= 0.6 is 12.2 Å². The van der Waals surface area contributed by atoms with Crippen molar-refractivity contribution in [2.45, 2.75) is 26.3 Å². The van der Waals surface area contributed by atoms with E-state index in [1.807, 2.05) is 60.4 Å². The van der Waals surface area contributed by atoms with Crippen molar-refractivity contribution < 1.29 is 9.32 Å². The van der Waals surface area contributed by atoms with Gasteiger partial charge in [0.1, 0.15) is 0 Å². The summed E-state index contributed by atoms with van der Waals surface area (Å²) in [7, 11) is 0. The van der Waals surface area contributed by atoms with Gasteiger partial charge in [0.15, 0.2) is 5.11 Å². The van der Waals surface area contributed by atoms with E-state index in [-0.39, 0.29) is 5.91 Å². The molecule has 1 saturated heterocycles. The fourth-order valence-corrected chi connectivity index (χ4v) is 3.31. The molecule has 2 N–H and O–H groups in total. The third kappa shape index (κ3) is 4.60. The van der Waals surface area contributed by atoms with Crippen LogP contribution in [0.1, 0.15) is 24.3 Å². The quantitative estimate of drug-likeness (QED) is 0.625. The van der Waals surface area contributed by atoms with Gasteiger partial charge in [-0.05, 0) is 49.8 Å². The highest BCUT2D eigenvalue weighted by Gasteiger charge is 2.21. The number of aryl methyl sites for hydroxylation is 1. The lowest BCUT2D eigenvalue weighted by Gasteiger charge is -2.16. The summed E-state index contributed by atoms with van der Waals surface area (Å²) in [6.45, 7) is 3.13. The molecule has 0 saturated carbocycles. The van der Waals surface area contributed by atoms with Gasteiger partial charge in [0.25, 0.3) is 0 Å². The summed E-state index contributed by atoms with van der Waals surface area (Å²) < 4.78 is 5.28. The normalized spacial score (nSPS) is 13.6. The molecule has 3 aromatic rings. The summed E-state index contributed by atoms with van der Waals surface area (Å²) in [5.74, 6) is 1.17. The average molecular weight is 407 g/mol. The molecule has 8 heteroatoms. The van der Waals surface area contributed by atoms with Crippen molar-refractivity contribution in [1.82, 2.24) is 15.5 Å². The molecule has 2 aromatic carbocycles. The summed E-state index contributed by atoms with van der Waals surface area (Å²) in [5.41, 5.74) is 3.83. The maximum Gasteiger partial charge on any atom is 0.246 e. The number of benzene rings is 2. The highest BCUT2D eigenvalue weighted by atomic mass is 32.1. The number of carbonyl (C=O) groups is 1. The number of thiocarbonyl (C=S) groups is 1. The minimum atomic E-state index is 0.174. The van der Waals surface area contributed by atoms with Crippen LogP contribution in [0.2, 0.25) is 0 Å². The lowest BCUT2D eigenvalue weighted by molar-refractivity contribution is -0.117. The lowest BCUT2D eigenvalue weighted by atomic mass is 10.1. The number of aromatic nitrogens is 2. The fraction of sp³-hybridized carbons (Fsp3) is 0.238. The van der Waals surface area contributed by atoms with Crippen LogP contribution in [-0.2, 0) is 11.3 Å². The van der Waals surface area contributed by atoms with Crippen LogP contribution in [0.5, 0.6) is 0 Å². The van der Waals surface area contributed by atoms with E-state index in [2.05, 4.69) is 20.8 Å². The first-order valence-electron chi connectivity index (χ1n) is 9.43. The van der Waals surface area contributed by atoms with E-state index in [1.54, 1.807) is 0 Å². The first kappa shape index (κ1) is 19.1. The van der Waals surface area contributed by atoms with Crippen molar-refractivity contribution in [2.24, 2.45) is 0 Å². The largest absolute Gasteiger partial charge is 0.353 e. The first-order valence-corrected chi connectivity index (χ1v) is 9.84. The predicted molar refractivity (Wildman–Crippen MR) is 116 cm³/mol. The lowest BCUT2D eigenvalue weighted by Crippen LogP contribution is -2.28.